The van der Waals surface area contributed by atoms with Crippen molar-refractivity contribution in [3.63, 3.8) is 0 Å². The van der Waals surface area contributed by atoms with E-state index in [-0.39, 0.29) is 10.8 Å². The topological polar surface area (TPSA) is 26.7 Å². The minimum atomic E-state index is -0.0819. The third-order valence-electron chi connectivity index (χ3n) is 6.33. The van der Waals surface area contributed by atoms with Gasteiger partial charge in [-0.2, -0.15) is 0 Å². The summed E-state index contributed by atoms with van der Waals surface area (Å²) in [4.78, 5) is 4.99. The molecular weight excluding hydrogens is 368 g/mol. The molecule has 1 aliphatic rings. The van der Waals surface area contributed by atoms with Crippen LogP contribution < -0.4 is 4.90 Å². The zero-order valence-corrected chi connectivity index (χ0v) is 20.3. The second kappa shape index (κ2) is 8.26. The first-order valence-corrected chi connectivity index (χ1v) is 11.3. The molecule has 1 heterocycles. The lowest BCUT2D eigenvalue weighted by molar-refractivity contribution is 0.246. The van der Waals surface area contributed by atoms with Gasteiger partial charge in [-0.05, 0) is 53.0 Å². The molecule has 1 fully saturated rings. The predicted molar refractivity (Wildman–Crippen MR) is 129 cm³/mol. The van der Waals surface area contributed by atoms with Gasteiger partial charge >= 0.3 is 0 Å². The highest BCUT2D eigenvalue weighted by Gasteiger charge is 2.26. The SMILES string of the molecule is Cc1ccc(C)c(N2CCN(Cc3cc(C(C)(C)C)cc(C(C)(C)C)c3O)CC2)c1. The Bertz CT molecular complexity index is 894. The van der Waals surface area contributed by atoms with Gasteiger partial charge in [0.25, 0.3) is 0 Å². The number of piperazine rings is 1. The molecule has 0 radical (unpaired) electrons. The van der Waals surface area contributed by atoms with E-state index in [1.807, 2.05) is 0 Å². The summed E-state index contributed by atoms with van der Waals surface area (Å²) >= 11 is 0. The van der Waals surface area contributed by atoms with Gasteiger partial charge in [0, 0.05) is 44.0 Å². The van der Waals surface area contributed by atoms with Crippen molar-refractivity contribution < 1.29 is 5.11 Å². The summed E-state index contributed by atoms with van der Waals surface area (Å²) in [7, 11) is 0. The van der Waals surface area contributed by atoms with E-state index in [1.165, 1.54) is 22.4 Å². The number of anilines is 1. The van der Waals surface area contributed by atoms with Gasteiger partial charge in [-0.15, -0.1) is 0 Å². The molecule has 3 rings (SSSR count). The second-order valence-corrected chi connectivity index (χ2v) is 11.1. The molecule has 0 bridgehead atoms. The van der Waals surface area contributed by atoms with Gasteiger partial charge in [0.05, 0.1) is 0 Å². The van der Waals surface area contributed by atoms with Gasteiger partial charge in [-0.1, -0.05) is 65.8 Å². The lowest BCUT2D eigenvalue weighted by atomic mass is 9.79. The molecule has 0 aliphatic carbocycles. The van der Waals surface area contributed by atoms with Crippen molar-refractivity contribution in [1.29, 1.82) is 0 Å². The first-order chi connectivity index (χ1) is 13.9. The average Bonchev–Trinajstić information content (AvgIpc) is 2.64. The summed E-state index contributed by atoms with van der Waals surface area (Å²) in [5, 5.41) is 11.1. The number of hydrogen-bond donors (Lipinski definition) is 1. The first-order valence-electron chi connectivity index (χ1n) is 11.3. The standard InChI is InChI=1S/C27H40N2O/c1-19-9-10-20(2)24(15-19)29-13-11-28(12-14-29)18-21-16-22(26(3,4)5)17-23(25(21)30)27(6,7)8/h9-10,15-17,30H,11-14,18H2,1-8H3. The van der Waals surface area contributed by atoms with Gasteiger partial charge in [-0.3, -0.25) is 4.90 Å². The largest absolute Gasteiger partial charge is 0.507 e. The van der Waals surface area contributed by atoms with Crippen molar-refractivity contribution >= 4 is 5.69 Å². The molecule has 3 nitrogen and oxygen atoms in total. The first kappa shape index (κ1) is 22.7. The Balaban J connectivity index is 1.79. The van der Waals surface area contributed by atoms with E-state index in [4.69, 9.17) is 0 Å². The summed E-state index contributed by atoms with van der Waals surface area (Å²) in [6.45, 7) is 22.5. The zero-order chi connectivity index (χ0) is 22.3. The van der Waals surface area contributed by atoms with Gasteiger partial charge in [0.1, 0.15) is 5.75 Å². The number of rotatable bonds is 3. The fraction of sp³-hybridized carbons (Fsp3) is 0.556. The van der Waals surface area contributed by atoms with E-state index in [0.29, 0.717) is 5.75 Å². The number of aromatic hydroxyl groups is 1. The second-order valence-electron chi connectivity index (χ2n) is 11.1. The number of aryl methyl sites for hydroxylation is 2. The number of nitrogens with zero attached hydrogens (tertiary/aromatic N) is 2. The van der Waals surface area contributed by atoms with E-state index in [2.05, 4.69) is 95.5 Å². The van der Waals surface area contributed by atoms with Crippen molar-refractivity contribution in [3.05, 3.63) is 58.1 Å². The minimum Gasteiger partial charge on any atom is -0.507 e. The molecule has 0 amide bonds. The van der Waals surface area contributed by atoms with E-state index in [9.17, 15) is 5.11 Å². The molecule has 30 heavy (non-hydrogen) atoms. The van der Waals surface area contributed by atoms with Gasteiger partial charge in [-0.25, -0.2) is 0 Å². The molecule has 0 spiro atoms. The van der Waals surface area contributed by atoms with Crippen molar-refractivity contribution in [2.24, 2.45) is 0 Å². The number of phenolic OH excluding ortho intramolecular Hbond substituents is 1. The molecule has 2 aromatic rings. The minimum absolute atomic E-state index is 0.0594. The molecule has 164 valence electrons. The molecule has 0 atom stereocenters. The summed E-state index contributed by atoms with van der Waals surface area (Å²) < 4.78 is 0. The van der Waals surface area contributed by atoms with Crippen LogP contribution in [0.2, 0.25) is 0 Å². The van der Waals surface area contributed by atoms with E-state index >= 15 is 0 Å². The van der Waals surface area contributed by atoms with Crippen LogP contribution in [-0.2, 0) is 17.4 Å². The Morgan fingerprint density at radius 2 is 1.47 bits per heavy atom. The van der Waals surface area contributed by atoms with Crippen LogP contribution in [0.1, 0.15) is 69.4 Å². The highest BCUT2D eigenvalue weighted by Crippen LogP contribution is 2.38. The number of phenols is 1. The summed E-state index contributed by atoms with van der Waals surface area (Å²) in [6, 6.07) is 11.1. The van der Waals surface area contributed by atoms with Crippen LogP contribution in [0.3, 0.4) is 0 Å². The smallest absolute Gasteiger partial charge is 0.123 e. The lowest BCUT2D eigenvalue weighted by Gasteiger charge is -2.37. The monoisotopic (exact) mass is 408 g/mol. The van der Waals surface area contributed by atoms with Crippen molar-refractivity contribution in [1.82, 2.24) is 4.90 Å². The molecule has 1 aliphatic heterocycles. The maximum absolute atomic E-state index is 11.1. The fourth-order valence-electron chi connectivity index (χ4n) is 4.27. The third kappa shape index (κ3) is 5.00. The predicted octanol–water partition coefficient (Wildman–Crippen LogP) is 5.93. The Morgan fingerprint density at radius 1 is 0.833 bits per heavy atom. The maximum Gasteiger partial charge on any atom is 0.123 e. The van der Waals surface area contributed by atoms with E-state index in [1.54, 1.807) is 0 Å². The molecule has 0 aromatic heterocycles. The van der Waals surface area contributed by atoms with Crippen molar-refractivity contribution in [2.45, 2.75) is 72.8 Å². The van der Waals surface area contributed by atoms with Crippen LogP contribution in [0.15, 0.2) is 30.3 Å². The Kier molecular flexibility index (Phi) is 6.25. The van der Waals surface area contributed by atoms with Gasteiger partial charge in [0.15, 0.2) is 0 Å². The van der Waals surface area contributed by atoms with Crippen molar-refractivity contribution in [2.75, 3.05) is 31.1 Å². The molecule has 3 heteroatoms. The molecule has 2 aromatic carbocycles. The van der Waals surface area contributed by atoms with Gasteiger partial charge < -0.3 is 10.0 Å². The summed E-state index contributed by atoms with van der Waals surface area (Å²) in [6.07, 6.45) is 0. The number of hydrogen-bond acceptors (Lipinski definition) is 3. The Hall–Kier alpha value is -2.00. The van der Waals surface area contributed by atoms with Gasteiger partial charge in [0.2, 0.25) is 0 Å². The number of benzene rings is 2. The highest BCUT2D eigenvalue weighted by atomic mass is 16.3. The highest BCUT2D eigenvalue weighted by molar-refractivity contribution is 5.55. The van der Waals surface area contributed by atoms with Crippen LogP contribution >= 0.6 is 0 Å². The summed E-state index contributed by atoms with van der Waals surface area (Å²) in [5.41, 5.74) is 7.42. The van der Waals surface area contributed by atoms with Crippen LogP contribution in [0.4, 0.5) is 5.69 Å². The maximum atomic E-state index is 11.1. The van der Waals surface area contributed by atoms with E-state index < -0.39 is 0 Å². The Labute approximate surface area is 183 Å². The average molecular weight is 409 g/mol. The van der Waals surface area contributed by atoms with Crippen LogP contribution in [0.25, 0.3) is 0 Å². The fourth-order valence-corrected chi connectivity index (χ4v) is 4.27. The lowest BCUT2D eigenvalue weighted by Crippen LogP contribution is -2.46. The summed E-state index contributed by atoms with van der Waals surface area (Å²) in [5.74, 6) is 0.479. The normalized spacial score (nSPS) is 16.2. The molecule has 1 N–H and O–H groups in total. The van der Waals surface area contributed by atoms with Crippen LogP contribution in [0, 0.1) is 13.8 Å². The third-order valence-corrected chi connectivity index (χ3v) is 6.33. The molecular formula is C27H40N2O. The Morgan fingerprint density at radius 3 is 2.03 bits per heavy atom. The zero-order valence-electron chi connectivity index (χ0n) is 20.3. The van der Waals surface area contributed by atoms with Crippen LogP contribution in [0.5, 0.6) is 5.75 Å². The van der Waals surface area contributed by atoms with E-state index in [0.717, 1.165) is 43.9 Å². The van der Waals surface area contributed by atoms with Crippen molar-refractivity contribution in [3.8, 4) is 5.75 Å². The molecule has 0 saturated carbocycles. The molecule has 0 unspecified atom stereocenters. The van der Waals surface area contributed by atoms with Crippen LogP contribution in [-0.4, -0.2) is 36.2 Å². The molecule has 1 saturated heterocycles. The quantitative estimate of drug-likeness (QED) is 0.682.